The molecule has 2 atom stereocenters. The van der Waals surface area contributed by atoms with Gasteiger partial charge in [-0.15, -0.1) is 0 Å². The number of guanidine groups is 1. The molecule has 0 aliphatic carbocycles. The van der Waals surface area contributed by atoms with E-state index < -0.39 is 0 Å². The van der Waals surface area contributed by atoms with Gasteiger partial charge < -0.3 is 15.4 Å². The normalized spacial score (nSPS) is 22.3. The number of rotatable bonds is 6. The zero-order chi connectivity index (χ0) is 19.2. The summed E-state index contributed by atoms with van der Waals surface area (Å²) in [5.41, 5.74) is 0.832. The molecule has 0 radical (unpaired) electrons. The lowest BCUT2D eigenvalue weighted by atomic mass is 10.00. The second-order valence-corrected chi connectivity index (χ2v) is 7.65. The molecule has 26 heavy (non-hydrogen) atoms. The summed E-state index contributed by atoms with van der Waals surface area (Å²) in [4.78, 5) is 7.05. The lowest BCUT2D eigenvalue weighted by molar-refractivity contribution is -0.0946. The van der Waals surface area contributed by atoms with E-state index >= 15 is 0 Å². The molecule has 0 amide bonds. The van der Waals surface area contributed by atoms with Crippen molar-refractivity contribution in [1.82, 2.24) is 15.5 Å². The van der Waals surface area contributed by atoms with Gasteiger partial charge in [0.1, 0.15) is 5.82 Å². The first kappa shape index (κ1) is 20.6. The van der Waals surface area contributed by atoms with Crippen molar-refractivity contribution in [2.24, 2.45) is 4.99 Å². The molecule has 1 aliphatic heterocycles. The molecule has 2 N–H and O–H groups in total. The fraction of sp³-hybridized carbons (Fsp3) is 0.650. The van der Waals surface area contributed by atoms with Crippen LogP contribution < -0.4 is 10.6 Å². The Morgan fingerprint density at radius 2 is 1.96 bits per heavy atom. The minimum atomic E-state index is -0.229. The van der Waals surface area contributed by atoms with E-state index in [0.717, 1.165) is 37.7 Å². The SMILES string of the molecule is CCNC(=NCc1cccc(F)c1)NCC(C)(C)N1CC(C)OC(C)C1. The highest BCUT2D eigenvalue weighted by atomic mass is 19.1. The van der Waals surface area contributed by atoms with Gasteiger partial charge in [0.05, 0.1) is 18.8 Å². The largest absolute Gasteiger partial charge is 0.373 e. The van der Waals surface area contributed by atoms with Gasteiger partial charge in [-0.2, -0.15) is 0 Å². The van der Waals surface area contributed by atoms with Crippen molar-refractivity contribution in [2.75, 3.05) is 26.2 Å². The molecule has 0 bridgehead atoms. The van der Waals surface area contributed by atoms with Crippen molar-refractivity contribution in [3.8, 4) is 0 Å². The molecule has 1 aliphatic rings. The van der Waals surface area contributed by atoms with E-state index in [4.69, 9.17) is 4.74 Å². The van der Waals surface area contributed by atoms with Gasteiger partial charge in [0.25, 0.3) is 0 Å². The maximum atomic E-state index is 13.3. The molecule has 2 rings (SSSR count). The quantitative estimate of drug-likeness (QED) is 0.602. The number of nitrogens with one attached hydrogen (secondary N) is 2. The van der Waals surface area contributed by atoms with Crippen LogP contribution in [0.15, 0.2) is 29.3 Å². The maximum absolute atomic E-state index is 13.3. The first-order chi connectivity index (χ1) is 12.3. The highest BCUT2D eigenvalue weighted by Gasteiger charge is 2.33. The molecule has 5 nitrogen and oxygen atoms in total. The molecule has 6 heteroatoms. The van der Waals surface area contributed by atoms with Crippen LogP contribution in [0.25, 0.3) is 0 Å². The average Bonchev–Trinajstić information content (AvgIpc) is 2.56. The molecule has 1 heterocycles. The van der Waals surface area contributed by atoms with E-state index in [1.54, 1.807) is 6.07 Å². The first-order valence-corrected chi connectivity index (χ1v) is 9.47. The average molecular weight is 365 g/mol. The smallest absolute Gasteiger partial charge is 0.191 e. The minimum Gasteiger partial charge on any atom is -0.373 e. The van der Waals surface area contributed by atoms with E-state index in [9.17, 15) is 4.39 Å². The van der Waals surface area contributed by atoms with Crippen molar-refractivity contribution in [1.29, 1.82) is 0 Å². The fourth-order valence-electron chi connectivity index (χ4n) is 3.23. The van der Waals surface area contributed by atoms with Crippen LogP contribution in [0.2, 0.25) is 0 Å². The van der Waals surface area contributed by atoms with E-state index in [-0.39, 0.29) is 23.6 Å². The fourth-order valence-corrected chi connectivity index (χ4v) is 3.23. The zero-order valence-electron chi connectivity index (χ0n) is 16.7. The third-order valence-electron chi connectivity index (χ3n) is 4.62. The van der Waals surface area contributed by atoms with Crippen molar-refractivity contribution in [3.05, 3.63) is 35.6 Å². The summed E-state index contributed by atoms with van der Waals surface area (Å²) < 4.78 is 19.2. The highest BCUT2D eigenvalue weighted by molar-refractivity contribution is 5.79. The zero-order valence-corrected chi connectivity index (χ0v) is 16.7. The van der Waals surface area contributed by atoms with Crippen LogP contribution in [-0.4, -0.2) is 54.8 Å². The van der Waals surface area contributed by atoms with Crippen LogP contribution in [0, 0.1) is 5.82 Å². The van der Waals surface area contributed by atoms with Crippen LogP contribution in [0.4, 0.5) is 4.39 Å². The molecule has 0 spiro atoms. The van der Waals surface area contributed by atoms with E-state index in [1.807, 2.05) is 13.0 Å². The third-order valence-corrected chi connectivity index (χ3v) is 4.62. The van der Waals surface area contributed by atoms with Crippen LogP contribution in [0.5, 0.6) is 0 Å². The Morgan fingerprint density at radius 3 is 2.58 bits per heavy atom. The Morgan fingerprint density at radius 1 is 1.27 bits per heavy atom. The van der Waals surface area contributed by atoms with Gasteiger partial charge in [-0.1, -0.05) is 12.1 Å². The van der Waals surface area contributed by atoms with Crippen LogP contribution in [0.3, 0.4) is 0 Å². The van der Waals surface area contributed by atoms with Crippen molar-refractivity contribution in [3.63, 3.8) is 0 Å². The van der Waals surface area contributed by atoms with Gasteiger partial charge in [-0.05, 0) is 52.3 Å². The predicted molar refractivity (Wildman–Crippen MR) is 105 cm³/mol. The van der Waals surface area contributed by atoms with E-state index in [0.29, 0.717) is 6.54 Å². The number of nitrogens with zero attached hydrogens (tertiary/aromatic N) is 2. The molecular weight excluding hydrogens is 331 g/mol. The highest BCUT2D eigenvalue weighted by Crippen LogP contribution is 2.20. The summed E-state index contributed by atoms with van der Waals surface area (Å²) in [5.74, 6) is 0.520. The van der Waals surface area contributed by atoms with Gasteiger partial charge >= 0.3 is 0 Å². The summed E-state index contributed by atoms with van der Waals surface area (Å²) in [6, 6.07) is 6.57. The molecule has 146 valence electrons. The third kappa shape index (κ3) is 6.25. The standard InChI is InChI=1S/C20H33FN4O/c1-6-22-19(23-11-17-8-7-9-18(21)10-17)24-14-20(4,5)25-12-15(2)26-16(3)13-25/h7-10,15-16H,6,11-14H2,1-5H3,(H2,22,23,24). The predicted octanol–water partition coefficient (Wildman–Crippen LogP) is 2.77. The van der Waals surface area contributed by atoms with Crippen molar-refractivity contribution < 1.29 is 9.13 Å². The van der Waals surface area contributed by atoms with Crippen molar-refractivity contribution >= 4 is 5.96 Å². The van der Waals surface area contributed by atoms with E-state index in [2.05, 4.69) is 48.2 Å². The molecule has 1 aromatic rings. The van der Waals surface area contributed by atoms with Gasteiger partial charge in [0.15, 0.2) is 5.96 Å². The first-order valence-electron chi connectivity index (χ1n) is 9.47. The number of halogens is 1. The van der Waals surface area contributed by atoms with Crippen LogP contribution in [0.1, 0.15) is 40.2 Å². The summed E-state index contributed by atoms with van der Waals surface area (Å²) in [6.07, 6.45) is 0.487. The molecular formula is C20H33FN4O. The number of hydrogen-bond donors (Lipinski definition) is 2. The Bertz CT molecular complexity index is 595. The van der Waals surface area contributed by atoms with Gasteiger partial charge in [0, 0.05) is 31.7 Å². The van der Waals surface area contributed by atoms with E-state index in [1.165, 1.54) is 12.1 Å². The second-order valence-electron chi connectivity index (χ2n) is 7.65. The molecule has 1 fully saturated rings. The van der Waals surface area contributed by atoms with Crippen LogP contribution in [-0.2, 0) is 11.3 Å². The topological polar surface area (TPSA) is 48.9 Å². The Kier molecular flexibility index (Phi) is 7.41. The molecule has 0 aromatic heterocycles. The number of benzene rings is 1. The second kappa shape index (κ2) is 9.33. The maximum Gasteiger partial charge on any atom is 0.191 e. The summed E-state index contributed by atoms with van der Waals surface area (Å²) in [5, 5.41) is 6.70. The number of hydrogen-bond acceptors (Lipinski definition) is 3. The monoisotopic (exact) mass is 364 g/mol. The number of morpholine rings is 1. The molecule has 0 saturated carbocycles. The number of ether oxygens (including phenoxy) is 1. The van der Waals surface area contributed by atoms with Crippen LogP contribution >= 0.6 is 0 Å². The lowest BCUT2D eigenvalue weighted by Gasteiger charge is -2.45. The molecule has 1 saturated heterocycles. The van der Waals surface area contributed by atoms with Gasteiger partial charge in [0.2, 0.25) is 0 Å². The Hall–Kier alpha value is -1.66. The van der Waals surface area contributed by atoms with Crippen molar-refractivity contribution in [2.45, 2.75) is 58.9 Å². The lowest BCUT2D eigenvalue weighted by Crippen LogP contribution is -2.59. The Labute approximate surface area is 157 Å². The minimum absolute atomic E-state index is 0.0264. The summed E-state index contributed by atoms with van der Waals surface area (Å²) in [7, 11) is 0. The Balaban J connectivity index is 1.96. The molecule has 1 aromatic carbocycles. The number of aliphatic imine (C=N–C) groups is 1. The summed E-state index contributed by atoms with van der Waals surface area (Å²) in [6.45, 7) is 14.6. The summed E-state index contributed by atoms with van der Waals surface area (Å²) >= 11 is 0. The van der Waals surface area contributed by atoms with Gasteiger partial charge in [-0.3, -0.25) is 4.90 Å². The van der Waals surface area contributed by atoms with Gasteiger partial charge in [-0.25, -0.2) is 9.38 Å². The molecule has 2 unspecified atom stereocenters.